The molecule has 0 bridgehead atoms. The van der Waals surface area contributed by atoms with Gasteiger partial charge in [0, 0.05) is 6.20 Å². The molecule has 0 amide bonds. The quantitative estimate of drug-likeness (QED) is 0.817. The number of nitrogens with two attached hydrogens (primary N) is 1. The molecular formula is C13H22N2. The first-order valence-electron chi connectivity index (χ1n) is 5.66. The third kappa shape index (κ3) is 3.54. The standard InChI is InChI=1S/C13H22N2/c1-5-13(3,4)8-10(2)11-6-7-12(14)15-9-11/h6-7,9-10H,5,8H2,1-4H3,(H2,14,15). The molecule has 1 rings (SSSR count). The van der Waals surface area contributed by atoms with Gasteiger partial charge in [0.2, 0.25) is 0 Å². The summed E-state index contributed by atoms with van der Waals surface area (Å²) in [5.41, 5.74) is 7.26. The second-order valence-corrected chi connectivity index (χ2v) is 5.14. The van der Waals surface area contributed by atoms with E-state index in [1.54, 1.807) is 0 Å². The molecular weight excluding hydrogens is 184 g/mol. The van der Waals surface area contributed by atoms with Crippen molar-refractivity contribution in [1.82, 2.24) is 4.98 Å². The fourth-order valence-electron chi connectivity index (χ4n) is 1.80. The molecule has 84 valence electrons. The number of nitrogen functional groups attached to an aromatic ring is 1. The number of hydrogen-bond acceptors (Lipinski definition) is 2. The Hall–Kier alpha value is -1.05. The van der Waals surface area contributed by atoms with Crippen LogP contribution in [0.2, 0.25) is 0 Å². The Labute approximate surface area is 92.9 Å². The lowest BCUT2D eigenvalue weighted by molar-refractivity contribution is 0.299. The molecule has 0 aliphatic rings. The van der Waals surface area contributed by atoms with Gasteiger partial charge in [0.05, 0.1) is 0 Å². The third-order valence-electron chi connectivity index (χ3n) is 3.19. The number of nitrogens with zero attached hydrogens (tertiary/aromatic N) is 1. The molecule has 2 N–H and O–H groups in total. The van der Waals surface area contributed by atoms with Crippen LogP contribution in [0.4, 0.5) is 5.82 Å². The Balaban J connectivity index is 2.69. The van der Waals surface area contributed by atoms with Crippen molar-refractivity contribution in [1.29, 1.82) is 0 Å². The highest BCUT2D eigenvalue weighted by Crippen LogP contribution is 2.33. The second kappa shape index (κ2) is 4.65. The average molecular weight is 206 g/mol. The molecule has 0 aromatic carbocycles. The van der Waals surface area contributed by atoms with Gasteiger partial charge in [-0.2, -0.15) is 0 Å². The van der Waals surface area contributed by atoms with Crippen LogP contribution in [-0.2, 0) is 0 Å². The van der Waals surface area contributed by atoms with Crippen LogP contribution in [0.3, 0.4) is 0 Å². The zero-order valence-electron chi connectivity index (χ0n) is 10.2. The fraction of sp³-hybridized carbons (Fsp3) is 0.615. The van der Waals surface area contributed by atoms with Gasteiger partial charge in [-0.25, -0.2) is 4.98 Å². The van der Waals surface area contributed by atoms with E-state index in [9.17, 15) is 0 Å². The average Bonchev–Trinajstić information content (AvgIpc) is 2.18. The molecule has 1 aromatic heterocycles. The SMILES string of the molecule is CCC(C)(C)CC(C)c1ccc(N)nc1. The maximum Gasteiger partial charge on any atom is 0.123 e. The Morgan fingerprint density at radius 3 is 2.53 bits per heavy atom. The Kier molecular flexibility index (Phi) is 3.72. The van der Waals surface area contributed by atoms with Crippen molar-refractivity contribution in [3.63, 3.8) is 0 Å². The van der Waals surface area contributed by atoms with E-state index in [2.05, 4.69) is 38.7 Å². The molecule has 15 heavy (non-hydrogen) atoms. The van der Waals surface area contributed by atoms with Gasteiger partial charge in [-0.3, -0.25) is 0 Å². The molecule has 0 spiro atoms. The van der Waals surface area contributed by atoms with Crippen molar-refractivity contribution in [3.8, 4) is 0 Å². The maximum absolute atomic E-state index is 5.57. The first-order valence-corrected chi connectivity index (χ1v) is 5.66. The summed E-state index contributed by atoms with van der Waals surface area (Å²) in [6.45, 7) is 9.13. The van der Waals surface area contributed by atoms with Crippen LogP contribution in [0, 0.1) is 5.41 Å². The topological polar surface area (TPSA) is 38.9 Å². The number of rotatable bonds is 4. The maximum atomic E-state index is 5.57. The molecule has 0 aliphatic carbocycles. The molecule has 1 aromatic rings. The predicted molar refractivity (Wildman–Crippen MR) is 65.8 cm³/mol. The summed E-state index contributed by atoms with van der Waals surface area (Å²) in [6, 6.07) is 3.96. The predicted octanol–water partition coefficient (Wildman–Crippen LogP) is 3.59. The lowest BCUT2D eigenvalue weighted by Crippen LogP contribution is -2.13. The van der Waals surface area contributed by atoms with Crippen LogP contribution in [0.5, 0.6) is 0 Å². The van der Waals surface area contributed by atoms with Gasteiger partial charge in [-0.15, -0.1) is 0 Å². The number of aromatic nitrogens is 1. The van der Waals surface area contributed by atoms with E-state index in [1.807, 2.05) is 12.3 Å². The van der Waals surface area contributed by atoms with E-state index in [0.29, 0.717) is 17.2 Å². The largest absolute Gasteiger partial charge is 0.384 e. The lowest BCUT2D eigenvalue weighted by Gasteiger charge is -2.26. The summed E-state index contributed by atoms with van der Waals surface area (Å²) < 4.78 is 0. The van der Waals surface area contributed by atoms with E-state index in [1.165, 1.54) is 18.4 Å². The highest BCUT2D eigenvalue weighted by Gasteiger charge is 2.19. The molecule has 2 heteroatoms. The molecule has 0 saturated heterocycles. The molecule has 0 aliphatic heterocycles. The Bertz CT molecular complexity index is 301. The van der Waals surface area contributed by atoms with Crippen LogP contribution < -0.4 is 5.73 Å². The van der Waals surface area contributed by atoms with E-state index in [0.717, 1.165) is 0 Å². The van der Waals surface area contributed by atoms with Gasteiger partial charge in [-0.05, 0) is 29.4 Å². The summed E-state index contributed by atoms with van der Waals surface area (Å²) in [5, 5.41) is 0. The Morgan fingerprint density at radius 1 is 1.40 bits per heavy atom. The normalized spacial score (nSPS) is 13.9. The monoisotopic (exact) mass is 206 g/mol. The highest BCUT2D eigenvalue weighted by molar-refractivity contribution is 5.30. The van der Waals surface area contributed by atoms with Crippen molar-refractivity contribution in [2.75, 3.05) is 5.73 Å². The summed E-state index contributed by atoms with van der Waals surface area (Å²) >= 11 is 0. The molecule has 2 nitrogen and oxygen atoms in total. The van der Waals surface area contributed by atoms with Crippen molar-refractivity contribution < 1.29 is 0 Å². The van der Waals surface area contributed by atoms with Crippen LogP contribution in [0.1, 0.15) is 52.0 Å². The fourth-order valence-corrected chi connectivity index (χ4v) is 1.80. The summed E-state index contributed by atoms with van der Waals surface area (Å²) in [5.74, 6) is 1.15. The molecule has 1 atom stereocenters. The number of anilines is 1. The first kappa shape index (κ1) is 12.0. The van der Waals surface area contributed by atoms with Gasteiger partial charge >= 0.3 is 0 Å². The van der Waals surface area contributed by atoms with Crippen molar-refractivity contribution >= 4 is 5.82 Å². The van der Waals surface area contributed by atoms with E-state index in [-0.39, 0.29) is 0 Å². The van der Waals surface area contributed by atoms with Crippen molar-refractivity contribution in [2.45, 2.75) is 46.5 Å². The van der Waals surface area contributed by atoms with Gasteiger partial charge < -0.3 is 5.73 Å². The third-order valence-corrected chi connectivity index (χ3v) is 3.19. The van der Waals surface area contributed by atoms with Crippen LogP contribution in [0.15, 0.2) is 18.3 Å². The van der Waals surface area contributed by atoms with Crippen molar-refractivity contribution in [3.05, 3.63) is 23.9 Å². The summed E-state index contributed by atoms with van der Waals surface area (Å²) in [4.78, 5) is 4.13. The molecule has 0 radical (unpaired) electrons. The second-order valence-electron chi connectivity index (χ2n) is 5.14. The minimum Gasteiger partial charge on any atom is -0.384 e. The zero-order valence-corrected chi connectivity index (χ0v) is 10.2. The van der Waals surface area contributed by atoms with Crippen LogP contribution in [-0.4, -0.2) is 4.98 Å². The lowest BCUT2D eigenvalue weighted by atomic mass is 9.79. The van der Waals surface area contributed by atoms with E-state index < -0.39 is 0 Å². The highest BCUT2D eigenvalue weighted by atomic mass is 14.8. The van der Waals surface area contributed by atoms with Gasteiger partial charge in [0.25, 0.3) is 0 Å². The minimum absolute atomic E-state index is 0.404. The minimum atomic E-state index is 0.404. The van der Waals surface area contributed by atoms with E-state index in [4.69, 9.17) is 5.73 Å². The number of hydrogen-bond donors (Lipinski definition) is 1. The molecule has 1 heterocycles. The molecule has 0 fully saturated rings. The smallest absolute Gasteiger partial charge is 0.123 e. The molecule has 0 saturated carbocycles. The van der Waals surface area contributed by atoms with Gasteiger partial charge in [0.1, 0.15) is 5.82 Å². The van der Waals surface area contributed by atoms with Crippen molar-refractivity contribution in [2.24, 2.45) is 5.41 Å². The van der Waals surface area contributed by atoms with Gasteiger partial charge in [0.15, 0.2) is 0 Å². The summed E-state index contributed by atoms with van der Waals surface area (Å²) in [6.07, 6.45) is 4.29. The van der Waals surface area contributed by atoms with Crippen LogP contribution >= 0.6 is 0 Å². The molecule has 1 unspecified atom stereocenters. The van der Waals surface area contributed by atoms with Crippen LogP contribution in [0.25, 0.3) is 0 Å². The van der Waals surface area contributed by atoms with E-state index >= 15 is 0 Å². The zero-order chi connectivity index (χ0) is 11.5. The van der Waals surface area contributed by atoms with Gasteiger partial charge in [-0.1, -0.05) is 40.2 Å². The summed E-state index contributed by atoms with van der Waals surface area (Å²) in [7, 11) is 0. The first-order chi connectivity index (χ1) is 6.94. The number of pyridine rings is 1. The Morgan fingerprint density at radius 2 is 2.07 bits per heavy atom.